The number of pyridine rings is 3. The maximum Gasteiger partial charge on any atom is 0.0986 e. The lowest BCUT2D eigenvalue weighted by molar-refractivity contribution is 1.23. The Kier molecular flexibility index (Phi) is 4.36. The summed E-state index contributed by atoms with van der Waals surface area (Å²) in [6, 6.07) is 22.0. The van der Waals surface area contributed by atoms with Crippen LogP contribution in [0.4, 0.5) is 0 Å². The monoisotopic (exact) mass is 387 g/mol. The van der Waals surface area contributed by atoms with Gasteiger partial charge in [-0.2, -0.15) is 0 Å². The molecule has 25 heavy (non-hydrogen) atoms. The van der Waals surface area contributed by atoms with Crippen LogP contribution in [0, 0.1) is 0 Å². The zero-order chi connectivity index (χ0) is 17.1. The predicted octanol–water partition coefficient (Wildman–Crippen LogP) is 5.64. The first-order valence-corrected chi connectivity index (χ1v) is 8.70. The summed E-state index contributed by atoms with van der Waals surface area (Å²) < 4.78 is 1.05. The predicted molar refractivity (Wildman–Crippen MR) is 104 cm³/mol. The summed E-state index contributed by atoms with van der Waals surface area (Å²) in [5, 5.41) is 0. The summed E-state index contributed by atoms with van der Waals surface area (Å²) in [6.07, 6.45) is 5.41. The van der Waals surface area contributed by atoms with Crippen molar-refractivity contribution >= 4 is 15.9 Å². The largest absolute Gasteiger partial charge is 0.256 e. The van der Waals surface area contributed by atoms with Gasteiger partial charge < -0.3 is 0 Å². The Bertz CT molecular complexity index is 985. The van der Waals surface area contributed by atoms with Crippen LogP contribution in [0.25, 0.3) is 33.8 Å². The molecule has 3 heterocycles. The molecular formula is C21H14BrN3. The molecule has 1 aromatic carbocycles. The topological polar surface area (TPSA) is 38.7 Å². The fourth-order valence-corrected chi connectivity index (χ4v) is 3.06. The van der Waals surface area contributed by atoms with Gasteiger partial charge in [0.1, 0.15) is 0 Å². The highest BCUT2D eigenvalue weighted by Crippen LogP contribution is 2.37. The SMILES string of the molecule is Brc1ccc(-c2ccnc(-c3ccccn3)c2-c2ccccn2)cc1. The molecule has 0 N–H and O–H groups in total. The molecule has 3 aromatic heterocycles. The minimum atomic E-state index is 0.833. The zero-order valence-electron chi connectivity index (χ0n) is 13.3. The Morgan fingerprint density at radius 1 is 0.600 bits per heavy atom. The van der Waals surface area contributed by atoms with Crippen LogP contribution in [0.15, 0.2) is 89.8 Å². The summed E-state index contributed by atoms with van der Waals surface area (Å²) in [7, 11) is 0. The Morgan fingerprint density at radius 2 is 1.28 bits per heavy atom. The second-order valence-corrected chi connectivity index (χ2v) is 6.43. The van der Waals surface area contributed by atoms with Gasteiger partial charge in [0.15, 0.2) is 0 Å². The van der Waals surface area contributed by atoms with E-state index in [2.05, 4.69) is 43.0 Å². The molecule has 0 fully saturated rings. The maximum absolute atomic E-state index is 4.62. The van der Waals surface area contributed by atoms with Crippen molar-refractivity contribution in [2.24, 2.45) is 0 Å². The van der Waals surface area contributed by atoms with Crippen molar-refractivity contribution in [2.45, 2.75) is 0 Å². The van der Waals surface area contributed by atoms with E-state index >= 15 is 0 Å². The molecule has 0 saturated heterocycles. The van der Waals surface area contributed by atoms with Crippen molar-refractivity contribution in [3.63, 3.8) is 0 Å². The van der Waals surface area contributed by atoms with E-state index in [1.54, 1.807) is 12.4 Å². The van der Waals surface area contributed by atoms with Gasteiger partial charge in [-0.1, -0.05) is 40.2 Å². The Balaban J connectivity index is 2.00. The van der Waals surface area contributed by atoms with E-state index in [1.807, 2.05) is 60.8 Å². The molecule has 0 unspecified atom stereocenters. The van der Waals surface area contributed by atoms with Gasteiger partial charge in [-0.3, -0.25) is 15.0 Å². The highest BCUT2D eigenvalue weighted by Gasteiger charge is 2.16. The summed E-state index contributed by atoms with van der Waals surface area (Å²) in [4.78, 5) is 13.7. The van der Waals surface area contributed by atoms with Gasteiger partial charge in [-0.25, -0.2) is 0 Å². The van der Waals surface area contributed by atoms with Crippen LogP contribution in [0.5, 0.6) is 0 Å². The van der Waals surface area contributed by atoms with Crippen LogP contribution >= 0.6 is 15.9 Å². The summed E-state index contributed by atoms with van der Waals surface area (Å²) in [6.45, 7) is 0. The van der Waals surface area contributed by atoms with E-state index in [4.69, 9.17) is 0 Å². The van der Waals surface area contributed by atoms with Gasteiger partial charge in [0.2, 0.25) is 0 Å². The molecule has 4 aromatic rings. The average Bonchev–Trinajstić information content (AvgIpc) is 2.69. The number of hydrogen-bond acceptors (Lipinski definition) is 3. The van der Waals surface area contributed by atoms with Crippen molar-refractivity contribution in [1.29, 1.82) is 0 Å². The molecule has 0 aliphatic rings. The summed E-state index contributed by atoms with van der Waals surface area (Å²) in [5.74, 6) is 0. The summed E-state index contributed by atoms with van der Waals surface area (Å²) in [5.41, 5.74) is 5.74. The minimum absolute atomic E-state index is 0.833. The van der Waals surface area contributed by atoms with Gasteiger partial charge in [-0.05, 0) is 53.6 Å². The lowest BCUT2D eigenvalue weighted by atomic mass is 9.95. The highest BCUT2D eigenvalue weighted by molar-refractivity contribution is 9.10. The third-order valence-corrected chi connectivity index (χ3v) is 4.46. The van der Waals surface area contributed by atoms with Gasteiger partial charge in [0.05, 0.1) is 17.1 Å². The lowest BCUT2D eigenvalue weighted by Crippen LogP contribution is -1.96. The first-order chi connectivity index (χ1) is 12.3. The fraction of sp³-hybridized carbons (Fsp3) is 0. The van der Waals surface area contributed by atoms with E-state index in [9.17, 15) is 0 Å². The number of hydrogen-bond donors (Lipinski definition) is 0. The van der Waals surface area contributed by atoms with Gasteiger partial charge in [0, 0.05) is 28.6 Å². The first-order valence-electron chi connectivity index (χ1n) is 7.91. The Hall–Kier alpha value is -2.85. The van der Waals surface area contributed by atoms with Crippen molar-refractivity contribution in [1.82, 2.24) is 15.0 Å². The smallest absolute Gasteiger partial charge is 0.0986 e. The minimum Gasteiger partial charge on any atom is -0.256 e. The van der Waals surface area contributed by atoms with Crippen LogP contribution in [0.2, 0.25) is 0 Å². The standard InChI is InChI=1S/C21H14BrN3/c22-16-9-7-15(8-10-16)17-11-14-25-21(19-6-2-4-13-24-19)20(17)18-5-1-3-12-23-18/h1-14H. The molecule has 0 atom stereocenters. The number of rotatable bonds is 3. The molecule has 0 aliphatic carbocycles. The van der Waals surface area contributed by atoms with E-state index in [0.717, 1.165) is 38.2 Å². The third-order valence-electron chi connectivity index (χ3n) is 3.93. The van der Waals surface area contributed by atoms with E-state index in [-0.39, 0.29) is 0 Å². The van der Waals surface area contributed by atoms with Crippen LogP contribution in [0.3, 0.4) is 0 Å². The number of benzene rings is 1. The van der Waals surface area contributed by atoms with Crippen molar-refractivity contribution in [3.05, 3.63) is 89.8 Å². The van der Waals surface area contributed by atoms with Crippen molar-refractivity contribution < 1.29 is 0 Å². The molecule has 0 aliphatic heterocycles. The number of halogens is 1. The van der Waals surface area contributed by atoms with Crippen LogP contribution in [0.1, 0.15) is 0 Å². The van der Waals surface area contributed by atoms with E-state index in [1.165, 1.54) is 0 Å². The van der Waals surface area contributed by atoms with Gasteiger partial charge in [0.25, 0.3) is 0 Å². The van der Waals surface area contributed by atoms with Crippen molar-refractivity contribution in [3.8, 4) is 33.8 Å². The van der Waals surface area contributed by atoms with Crippen LogP contribution in [-0.4, -0.2) is 15.0 Å². The molecule has 0 saturated carbocycles. The second kappa shape index (κ2) is 6.95. The molecule has 4 rings (SSSR count). The molecule has 0 amide bonds. The van der Waals surface area contributed by atoms with Gasteiger partial charge >= 0.3 is 0 Å². The Labute approximate surface area is 154 Å². The molecule has 0 radical (unpaired) electrons. The highest BCUT2D eigenvalue weighted by atomic mass is 79.9. The zero-order valence-corrected chi connectivity index (χ0v) is 14.9. The maximum atomic E-state index is 4.62. The normalized spacial score (nSPS) is 10.6. The van der Waals surface area contributed by atoms with Crippen LogP contribution in [-0.2, 0) is 0 Å². The third kappa shape index (κ3) is 3.21. The average molecular weight is 388 g/mol. The van der Waals surface area contributed by atoms with E-state index < -0.39 is 0 Å². The van der Waals surface area contributed by atoms with Crippen molar-refractivity contribution in [2.75, 3.05) is 0 Å². The molecule has 4 heteroatoms. The molecule has 3 nitrogen and oxygen atoms in total. The van der Waals surface area contributed by atoms with Gasteiger partial charge in [-0.15, -0.1) is 0 Å². The quantitative estimate of drug-likeness (QED) is 0.456. The Morgan fingerprint density at radius 3 is 1.92 bits per heavy atom. The molecule has 0 bridgehead atoms. The lowest BCUT2D eigenvalue weighted by Gasteiger charge is -2.14. The van der Waals surface area contributed by atoms with Crippen LogP contribution < -0.4 is 0 Å². The number of aromatic nitrogens is 3. The molecule has 120 valence electrons. The molecule has 0 spiro atoms. The second-order valence-electron chi connectivity index (χ2n) is 5.52. The summed E-state index contributed by atoms with van der Waals surface area (Å²) >= 11 is 3.50. The fourth-order valence-electron chi connectivity index (χ4n) is 2.80. The molecular weight excluding hydrogens is 374 g/mol. The van der Waals surface area contributed by atoms with E-state index in [0.29, 0.717) is 0 Å². The number of nitrogens with zero attached hydrogens (tertiary/aromatic N) is 3. The first kappa shape index (κ1) is 15.7.